The summed E-state index contributed by atoms with van der Waals surface area (Å²) in [6.07, 6.45) is -12.1. The molecular formula is C43H38ClF6N5O8. The highest BCUT2D eigenvalue weighted by molar-refractivity contribution is 6.33. The number of anilines is 2. The third-order valence-electron chi connectivity index (χ3n) is 9.83. The zero-order chi connectivity index (χ0) is 45.3. The number of likely N-dealkylation sites (tertiary alicyclic amines) is 1. The van der Waals surface area contributed by atoms with E-state index in [-0.39, 0.29) is 40.9 Å². The van der Waals surface area contributed by atoms with Crippen molar-refractivity contribution in [3.8, 4) is 16.9 Å². The molecule has 6 rings (SSSR count). The molecule has 1 saturated heterocycles. The van der Waals surface area contributed by atoms with E-state index in [4.69, 9.17) is 21.1 Å². The van der Waals surface area contributed by atoms with Crippen LogP contribution in [0.15, 0.2) is 102 Å². The first kappa shape index (κ1) is 46.1. The molecule has 2 heterocycles. The highest BCUT2D eigenvalue weighted by atomic mass is 35.5. The second-order valence-electron chi connectivity index (χ2n) is 14.3. The lowest BCUT2D eigenvalue weighted by molar-refractivity contribution is -0.205. The molecule has 0 spiro atoms. The van der Waals surface area contributed by atoms with Crippen LogP contribution >= 0.6 is 11.6 Å². The number of fused-ring (bicyclic) bond motifs is 1. The van der Waals surface area contributed by atoms with Gasteiger partial charge < -0.3 is 34.7 Å². The van der Waals surface area contributed by atoms with Crippen LogP contribution in [-0.2, 0) is 30.4 Å². The van der Waals surface area contributed by atoms with E-state index >= 15 is 0 Å². The lowest BCUT2D eigenvalue weighted by Gasteiger charge is -2.31. The van der Waals surface area contributed by atoms with Crippen LogP contribution in [0.5, 0.6) is 5.75 Å². The molecular weight excluding hydrogens is 864 g/mol. The van der Waals surface area contributed by atoms with Crippen LogP contribution in [0.4, 0.5) is 42.5 Å². The van der Waals surface area contributed by atoms with Gasteiger partial charge in [0.15, 0.2) is 5.75 Å². The van der Waals surface area contributed by atoms with Crippen molar-refractivity contribution in [3.63, 3.8) is 0 Å². The number of hydrogen-bond donors (Lipinski definition) is 4. The zero-order valence-electron chi connectivity index (χ0n) is 32.9. The SMILES string of the molecule is O=C(CCN1CCC(OC(=O)Nc2ccccc2-c2ccccc2)CC1)Nc1ccc(CNC[C@H](OC(=O)C(F)(F)F)c2ccc(OC(=O)C(F)(F)F)c3[nH]c(=O)ccc23)cc1Cl. The summed E-state index contributed by atoms with van der Waals surface area (Å²) in [5.74, 6) is -6.25. The van der Waals surface area contributed by atoms with Gasteiger partial charge in [0.25, 0.3) is 0 Å². The van der Waals surface area contributed by atoms with Crippen LogP contribution in [-0.4, -0.2) is 78.5 Å². The van der Waals surface area contributed by atoms with E-state index in [1.165, 1.54) is 12.1 Å². The van der Waals surface area contributed by atoms with Crippen molar-refractivity contribution in [1.82, 2.24) is 15.2 Å². The topological polar surface area (TPSA) is 168 Å². The Morgan fingerprint density at radius 3 is 2.21 bits per heavy atom. The fraction of sp³-hybridized carbons (Fsp3) is 0.279. The Morgan fingerprint density at radius 2 is 1.51 bits per heavy atom. The summed E-state index contributed by atoms with van der Waals surface area (Å²) in [6.45, 7) is 1.10. The molecule has 13 nitrogen and oxygen atoms in total. The molecule has 1 aliphatic rings. The molecule has 0 unspecified atom stereocenters. The van der Waals surface area contributed by atoms with Crippen LogP contribution in [0.2, 0.25) is 5.02 Å². The van der Waals surface area contributed by atoms with Gasteiger partial charge in [0.1, 0.15) is 12.2 Å². The van der Waals surface area contributed by atoms with Crippen LogP contribution in [0.1, 0.15) is 36.5 Å². The maximum atomic E-state index is 13.3. The minimum Gasteiger partial charge on any atom is -0.449 e. The van der Waals surface area contributed by atoms with E-state index in [2.05, 4.69) is 30.6 Å². The summed E-state index contributed by atoms with van der Waals surface area (Å²) >= 11 is 6.46. The van der Waals surface area contributed by atoms with Crippen LogP contribution < -0.4 is 26.2 Å². The minimum atomic E-state index is -5.42. The summed E-state index contributed by atoms with van der Waals surface area (Å²) in [5.41, 5.74) is 1.77. The molecule has 1 aliphatic heterocycles. The second-order valence-corrected chi connectivity index (χ2v) is 14.7. The lowest BCUT2D eigenvalue weighted by Crippen LogP contribution is -2.39. The number of amides is 2. The van der Waals surface area contributed by atoms with Gasteiger partial charge in [0.05, 0.1) is 21.9 Å². The molecule has 332 valence electrons. The minimum absolute atomic E-state index is 0.0492. The molecule has 4 aromatic carbocycles. The number of carbonyl (C=O) groups excluding carboxylic acids is 4. The van der Waals surface area contributed by atoms with Gasteiger partial charge in [-0.3, -0.25) is 14.9 Å². The van der Waals surface area contributed by atoms with Crippen molar-refractivity contribution in [2.45, 2.75) is 50.4 Å². The number of esters is 2. The largest absolute Gasteiger partial charge is 0.491 e. The average Bonchev–Trinajstić information content (AvgIpc) is 3.24. The van der Waals surface area contributed by atoms with Gasteiger partial charge in [-0.05, 0) is 54.3 Å². The summed E-state index contributed by atoms with van der Waals surface area (Å²) in [4.78, 5) is 65.4. The molecule has 0 saturated carbocycles. The van der Waals surface area contributed by atoms with Crippen molar-refractivity contribution >= 4 is 57.8 Å². The number of pyridine rings is 1. The van der Waals surface area contributed by atoms with E-state index in [0.29, 0.717) is 49.4 Å². The third kappa shape index (κ3) is 12.6. The molecule has 4 N–H and O–H groups in total. The van der Waals surface area contributed by atoms with Crippen LogP contribution in [0.3, 0.4) is 0 Å². The van der Waals surface area contributed by atoms with Gasteiger partial charge in [-0.25, -0.2) is 14.4 Å². The van der Waals surface area contributed by atoms with Gasteiger partial charge >= 0.3 is 30.4 Å². The van der Waals surface area contributed by atoms with Gasteiger partial charge in [-0.15, -0.1) is 0 Å². The van der Waals surface area contributed by atoms with Crippen LogP contribution in [0.25, 0.3) is 22.0 Å². The molecule has 20 heteroatoms. The van der Waals surface area contributed by atoms with E-state index in [9.17, 15) is 50.3 Å². The zero-order valence-corrected chi connectivity index (χ0v) is 33.7. The summed E-state index contributed by atoms with van der Waals surface area (Å²) < 4.78 is 93.5. The molecule has 1 aromatic heterocycles. The molecule has 0 radical (unpaired) electrons. The molecule has 1 atom stereocenters. The van der Waals surface area contributed by atoms with E-state index in [1.807, 2.05) is 48.5 Å². The number of piperidine rings is 1. The molecule has 5 aromatic rings. The Kier molecular flexibility index (Phi) is 14.7. The highest BCUT2D eigenvalue weighted by Gasteiger charge is 2.43. The fourth-order valence-corrected chi connectivity index (χ4v) is 7.03. The standard InChI is InChI=1S/C43H38ClF6N5O8/c44-31-22-25(23-51-24-35(63-40(59)43(48,49)50)29-11-14-34(62-39(58)42(45,46)47)38-30(29)12-15-36(56)54-38)10-13-33(31)52-37(57)18-21-55-19-16-27(17-20-55)61-41(60)53-32-9-5-4-8-28(32)26-6-2-1-3-7-26/h1-15,22,27,35,51H,16-21,23-24H2,(H,52,57)(H,53,60)(H,54,56)/t35-/m0/s1. The van der Waals surface area contributed by atoms with Crippen molar-refractivity contribution in [2.75, 3.05) is 36.8 Å². The summed E-state index contributed by atoms with van der Waals surface area (Å²) in [6, 6.07) is 25.5. The normalized spacial score (nSPS) is 14.1. The van der Waals surface area contributed by atoms with Crippen molar-refractivity contribution in [1.29, 1.82) is 0 Å². The Morgan fingerprint density at radius 1 is 0.810 bits per heavy atom. The average molecular weight is 902 g/mol. The Hall–Kier alpha value is -6.44. The van der Waals surface area contributed by atoms with Gasteiger partial charge in [0, 0.05) is 61.7 Å². The molecule has 1 fully saturated rings. The van der Waals surface area contributed by atoms with Gasteiger partial charge in [-0.1, -0.05) is 72.3 Å². The molecule has 0 aliphatic carbocycles. The Labute approximate surface area is 359 Å². The smallest absolute Gasteiger partial charge is 0.449 e. The first-order valence-electron chi connectivity index (χ1n) is 19.3. The maximum absolute atomic E-state index is 13.3. The number of H-pyrrole nitrogens is 1. The number of benzene rings is 4. The number of ether oxygens (including phenoxy) is 3. The van der Waals surface area contributed by atoms with E-state index in [0.717, 1.165) is 35.4 Å². The maximum Gasteiger partial charge on any atom is 0.491 e. The summed E-state index contributed by atoms with van der Waals surface area (Å²) in [7, 11) is 0. The van der Waals surface area contributed by atoms with E-state index in [1.54, 1.807) is 12.1 Å². The molecule has 63 heavy (non-hydrogen) atoms. The number of para-hydroxylation sites is 1. The number of hydrogen-bond acceptors (Lipinski definition) is 10. The monoisotopic (exact) mass is 901 g/mol. The first-order chi connectivity index (χ1) is 29.9. The van der Waals surface area contributed by atoms with Crippen molar-refractivity contribution in [2.24, 2.45) is 0 Å². The van der Waals surface area contributed by atoms with Gasteiger partial charge in [-0.2, -0.15) is 26.3 Å². The predicted octanol–water partition coefficient (Wildman–Crippen LogP) is 8.29. The van der Waals surface area contributed by atoms with Crippen molar-refractivity contribution in [3.05, 3.63) is 124 Å². The first-order valence-corrected chi connectivity index (χ1v) is 19.7. The number of aromatic amines is 1. The van der Waals surface area contributed by atoms with Gasteiger partial charge in [0.2, 0.25) is 11.5 Å². The lowest BCUT2D eigenvalue weighted by atomic mass is 10.0. The third-order valence-corrected chi connectivity index (χ3v) is 10.1. The number of aromatic nitrogens is 1. The second kappa shape index (κ2) is 20.2. The van der Waals surface area contributed by atoms with E-state index < -0.39 is 59.9 Å². The number of halogens is 7. The number of rotatable bonds is 14. The number of nitrogens with one attached hydrogen (secondary N) is 4. The fourth-order valence-electron chi connectivity index (χ4n) is 6.78. The number of nitrogens with zero attached hydrogens (tertiary/aromatic N) is 1. The Balaban J connectivity index is 0.993. The highest BCUT2D eigenvalue weighted by Crippen LogP contribution is 2.34. The summed E-state index contributed by atoms with van der Waals surface area (Å²) in [5, 5.41) is 8.41. The quantitative estimate of drug-likeness (QED) is 0.0484. The van der Waals surface area contributed by atoms with Crippen LogP contribution in [0, 0.1) is 0 Å². The molecule has 0 bridgehead atoms. The molecule has 2 amide bonds. The number of carbonyl (C=O) groups is 4. The number of alkyl halides is 6. The Bertz CT molecular complexity index is 2510. The van der Waals surface area contributed by atoms with Crippen molar-refractivity contribution < 1.29 is 59.7 Å². The predicted molar refractivity (Wildman–Crippen MR) is 219 cm³/mol.